The predicted octanol–water partition coefficient (Wildman–Crippen LogP) is 29.8. The molecule has 0 unspecified atom stereocenters. The second-order valence-electron chi connectivity index (χ2n) is 34.1. The number of nitrogens with zero attached hydrogens (tertiary/aromatic N) is 12. The molecular formula is C121H80N12. The quantitative estimate of drug-likeness (QED) is 0.110. The highest BCUT2D eigenvalue weighted by Crippen LogP contribution is 2.54. The van der Waals surface area contributed by atoms with Crippen LogP contribution in [0.5, 0.6) is 0 Å². The normalized spacial score (nSPS) is 12.0. The van der Waals surface area contributed by atoms with Crippen molar-refractivity contribution in [3.05, 3.63) is 460 Å². The van der Waals surface area contributed by atoms with Crippen molar-refractivity contribution in [2.75, 3.05) is 0 Å². The number of aromatic nitrogens is 12. The maximum Gasteiger partial charge on any atom is 0.164 e. The van der Waals surface area contributed by atoms with E-state index in [1.54, 1.807) is 0 Å². The first-order chi connectivity index (χ1) is 65.7. The summed E-state index contributed by atoms with van der Waals surface area (Å²) in [5.41, 5.74) is 31.0. The van der Waals surface area contributed by atoms with Crippen LogP contribution < -0.4 is 0 Å². The fourth-order valence-electron chi connectivity index (χ4n) is 19.4. The molecule has 18 aromatic carbocycles. The van der Waals surface area contributed by atoms with Crippen LogP contribution in [0.3, 0.4) is 0 Å². The van der Waals surface area contributed by atoms with Crippen molar-refractivity contribution in [1.82, 2.24) is 59.0 Å². The van der Waals surface area contributed by atoms with E-state index in [0.29, 0.717) is 52.4 Å². The van der Waals surface area contributed by atoms with Crippen molar-refractivity contribution in [2.45, 2.75) is 19.3 Å². The SMILES string of the molecule is CC1(C)c2ccccc2-c2cc3c(-c4cccc(-c5nc(-c6ccccc6)nc(-c6ccccc6)n5)c4)cc(-c4ccccc4)nc3cc21.c1ccc(-c2nc(-c3ccccc3)nc(-c3ccc(-n4c5ccccc5c5ccccc54)cc3)n2)cc1.c1ccc(-c2nc(-c3ccccc3)nc(-c3ccc4c5c6cccc7c6c(cc5n(-c5ccccc5)c4c3)-c3ccccc3-7)n2)cc1. The summed E-state index contributed by atoms with van der Waals surface area (Å²) in [6, 6.07) is 156. The van der Waals surface area contributed by atoms with E-state index in [1.165, 1.54) is 93.4 Å². The van der Waals surface area contributed by atoms with E-state index in [1.807, 2.05) is 188 Å². The Hall–Kier alpha value is -17.7. The van der Waals surface area contributed by atoms with E-state index in [0.717, 1.165) is 100 Å². The highest BCUT2D eigenvalue weighted by atomic mass is 15.1. The summed E-state index contributed by atoms with van der Waals surface area (Å²) >= 11 is 0. The molecule has 133 heavy (non-hydrogen) atoms. The van der Waals surface area contributed by atoms with Crippen LogP contribution in [0.15, 0.2) is 449 Å². The van der Waals surface area contributed by atoms with E-state index < -0.39 is 0 Å². The highest BCUT2D eigenvalue weighted by Gasteiger charge is 2.36. The van der Waals surface area contributed by atoms with Crippen molar-refractivity contribution >= 4 is 65.3 Å². The summed E-state index contributed by atoms with van der Waals surface area (Å²) in [7, 11) is 0. The lowest BCUT2D eigenvalue weighted by Gasteiger charge is -2.22. The Morgan fingerprint density at radius 3 is 1.02 bits per heavy atom. The van der Waals surface area contributed by atoms with Gasteiger partial charge >= 0.3 is 0 Å². The van der Waals surface area contributed by atoms with Crippen LogP contribution in [0.25, 0.3) is 235 Å². The van der Waals surface area contributed by atoms with Crippen LogP contribution in [-0.4, -0.2) is 59.0 Å². The summed E-state index contributed by atoms with van der Waals surface area (Å²) in [4.78, 5) is 49.7. The third-order valence-electron chi connectivity index (χ3n) is 25.7. The lowest BCUT2D eigenvalue weighted by atomic mass is 9.82. The molecule has 0 N–H and O–H groups in total. The van der Waals surface area contributed by atoms with E-state index in [2.05, 4.69) is 284 Å². The summed E-state index contributed by atoms with van der Waals surface area (Å²) in [6.07, 6.45) is 0. The number of para-hydroxylation sites is 3. The van der Waals surface area contributed by atoms with Crippen molar-refractivity contribution < 1.29 is 0 Å². The molecule has 0 atom stereocenters. The molecule has 0 saturated carbocycles. The Morgan fingerprint density at radius 1 is 0.173 bits per heavy atom. The Kier molecular flexibility index (Phi) is 19.6. The average Bonchev–Trinajstić information content (AvgIpc) is 1.54. The van der Waals surface area contributed by atoms with Gasteiger partial charge in [-0.05, 0) is 151 Å². The van der Waals surface area contributed by atoms with Gasteiger partial charge in [0.2, 0.25) is 0 Å². The maximum atomic E-state index is 5.28. The molecule has 0 fully saturated rings. The number of hydrogen-bond donors (Lipinski definition) is 0. The molecule has 0 spiro atoms. The van der Waals surface area contributed by atoms with Gasteiger partial charge < -0.3 is 9.13 Å². The highest BCUT2D eigenvalue weighted by molar-refractivity contribution is 6.29. The van der Waals surface area contributed by atoms with Crippen molar-refractivity contribution in [3.63, 3.8) is 0 Å². The van der Waals surface area contributed by atoms with Gasteiger partial charge in [0.15, 0.2) is 52.4 Å². The standard InChI is InChI=1S/C45H32N4.C43H26N4.C33H22N4/c1-45(2)38-24-13-12-23-34(38)36-26-37-35(27-40(29-15-6-3-7-16-29)46-41(37)28-39(36)45)32-21-14-22-33(25-32)44-48-42(30-17-8-4-9-18-30)47-43(49-44)31-19-10-5-11-20-31;1-4-13-27(14-5-1)41-44-42(28-15-6-2-7-16-28)46-43(45-41)29-23-24-34-37(25-29)47(30-17-8-3-9-18-30)38-26-36-32-20-11-10-19-31(32)33-21-12-22-35(39(33)36)40(34)38;1-3-11-23(12-4-1)31-34-32(24-13-5-2-6-14-24)36-33(35-31)25-19-21-26(22-20-25)37-29-17-9-7-15-27(29)28-16-8-10-18-30(28)37/h3-28H,1-2H3;1-26H;1-22H. The summed E-state index contributed by atoms with van der Waals surface area (Å²) in [6.45, 7) is 4.63. The fraction of sp³-hybridized carbons (Fsp3) is 0.0248. The first-order valence-electron chi connectivity index (χ1n) is 44.8. The monoisotopic (exact) mass is 1700 g/mol. The van der Waals surface area contributed by atoms with Crippen LogP contribution in [-0.2, 0) is 5.41 Å². The third-order valence-corrected chi connectivity index (χ3v) is 25.7. The molecule has 2 aliphatic carbocycles. The van der Waals surface area contributed by atoms with E-state index in [4.69, 9.17) is 49.8 Å². The Bertz CT molecular complexity index is 8380. The number of pyridine rings is 1. The largest absolute Gasteiger partial charge is 0.309 e. The first kappa shape index (κ1) is 78.7. The van der Waals surface area contributed by atoms with Gasteiger partial charge in [-0.25, -0.2) is 49.8 Å². The molecule has 6 aromatic heterocycles. The number of rotatable bonds is 13. The maximum absolute atomic E-state index is 5.28. The molecule has 0 saturated heterocycles. The average molecular weight is 1700 g/mol. The zero-order valence-electron chi connectivity index (χ0n) is 72.6. The Labute approximate surface area is 768 Å². The van der Waals surface area contributed by atoms with Crippen LogP contribution in [0.1, 0.15) is 25.0 Å². The molecule has 6 heterocycles. The van der Waals surface area contributed by atoms with Gasteiger partial charge in [-0.1, -0.05) is 378 Å². The van der Waals surface area contributed by atoms with Crippen molar-refractivity contribution in [3.8, 4) is 170 Å². The summed E-state index contributed by atoms with van der Waals surface area (Å²) in [5.74, 6) is 5.86. The van der Waals surface area contributed by atoms with Gasteiger partial charge in [0.1, 0.15) is 0 Å². The minimum atomic E-state index is -0.115. The minimum absolute atomic E-state index is 0.115. The first-order valence-corrected chi connectivity index (χ1v) is 44.8. The van der Waals surface area contributed by atoms with Gasteiger partial charge in [-0.2, -0.15) is 0 Å². The summed E-state index contributed by atoms with van der Waals surface area (Å²) in [5, 5.41) is 8.68. The van der Waals surface area contributed by atoms with Gasteiger partial charge in [0.05, 0.1) is 33.3 Å². The predicted molar refractivity (Wildman–Crippen MR) is 543 cm³/mol. The van der Waals surface area contributed by atoms with Crippen LogP contribution in [0.2, 0.25) is 0 Å². The molecule has 0 bridgehead atoms. The van der Waals surface area contributed by atoms with Crippen LogP contribution >= 0.6 is 0 Å². The number of benzene rings is 18. The zero-order valence-corrected chi connectivity index (χ0v) is 72.6. The zero-order chi connectivity index (χ0) is 88.5. The van der Waals surface area contributed by atoms with Crippen LogP contribution in [0.4, 0.5) is 0 Å². The molecular weight excluding hydrogens is 1620 g/mol. The van der Waals surface area contributed by atoms with Gasteiger partial charge in [0, 0.05) is 99.4 Å². The van der Waals surface area contributed by atoms with E-state index in [9.17, 15) is 0 Å². The molecule has 2 aliphatic rings. The third kappa shape index (κ3) is 14.3. The lowest BCUT2D eigenvalue weighted by Crippen LogP contribution is -2.14. The lowest BCUT2D eigenvalue weighted by molar-refractivity contribution is 0.661. The van der Waals surface area contributed by atoms with Crippen molar-refractivity contribution in [1.29, 1.82) is 0 Å². The Balaban J connectivity index is 0.000000111. The minimum Gasteiger partial charge on any atom is -0.309 e. The molecule has 0 aliphatic heterocycles. The molecule has 624 valence electrons. The Morgan fingerprint density at radius 2 is 0.526 bits per heavy atom. The smallest absolute Gasteiger partial charge is 0.164 e. The van der Waals surface area contributed by atoms with Gasteiger partial charge in [0.25, 0.3) is 0 Å². The second kappa shape index (κ2) is 33.2. The van der Waals surface area contributed by atoms with E-state index >= 15 is 0 Å². The number of fused-ring (bicyclic) bond motifs is 14. The van der Waals surface area contributed by atoms with Crippen LogP contribution in [0, 0.1) is 0 Å². The van der Waals surface area contributed by atoms with Crippen molar-refractivity contribution in [2.24, 2.45) is 0 Å². The molecule has 12 nitrogen and oxygen atoms in total. The number of hydrogen-bond acceptors (Lipinski definition) is 10. The summed E-state index contributed by atoms with van der Waals surface area (Å²) < 4.78 is 4.71. The topological polar surface area (TPSA) is 139 Å². The van der Waals surface area contributed by atoms with Gasteiger partial charge in [-0.15, -0.1) is 0 Å². The molecule has 0 amide bonds. The second-order valence-corrected chi connectivity index (χ2v) is 34.1. The molecule has 0 radical (unpaired) electrons. The molecule has 12 heteroatoms. The molecule has 24 aromatic rings. The fourth-order valence-corrected chi connectivity index (χ4v) is 19.4. The van der Waals surface area contributed by atoms with Gasteiger partial charge in [-0.3, -0.25) is 0 Å². The molecule has 26 rings (SSSR count). The van der Waals surface area contributed by atoms with E-state index in [-0.39, 0.29) is 5.41 Å².